The van der Waals surface area contributed by atoms with Gasteiger partial charge < -0.3 is 14.1 Å². The van der Waals surface area contributed by atoms with E-state index < -0.39 is 0 Å². The van der Waals surface area contributed by atoms with Crippen molar-refractivity contribution in [3.63, 3.8) is 0 Å². The zero-order valence-corrected chi connectivity index (χ0v) is 20.6. The normalized spacial score (nSPS) is 14.2. The van der Waals surface area contributed by atoms with Crippen molar-refractivity contribution in [2.45, 2.75) is 54.1 Å². The van der Waals surface area contributed by atoms with Crippen LogP contribution in [0.1, 0.15) is 55.2 Å². The summed E-state index contributed by atoms with van der Waals surface area (Å²) >= 11 is 6.64. The summed E-state index contributed by atoms with van der Waals surface area (Å²) < 4.78 is 11.2. The van der Waals surface area contributed by atoms with Crippen LogP contribution in [0, 0.1) is 20.8 Å². The molecule has 0 aliphatic carbocycles. The van der Waals surface area contributed by atoms with E-state index in [4.69, 9.17) is 25.7 Å². The molecule has 0 radical (unpaired) electrons. The van der Waals surface area contributed by atoms with Crippen LogP contribution in [0.4, 0.5) is 5.69 Å². The fourth-order valence-corrected chi connectivity index (χ4v) is 3.86. The number of aryl methyl sites for hydroxylation is 3. The molecule has 0 fully saturated rings. The van der Waals surface area contributed by atoms with E-state index in [9.17, 15) is 0 Å². The van der Waals surface area contributed by atoms with Crippen molar-refractivity contribution >= 4 is 17.3 Å². The highest BCUT2D eigenvalue weighted by molar-refractivity contribution is 6.30. The number of anilines is 1. The Morgan fingerprint density at radius 2 is 1.85 bits per heavy atom. The smallest absolute Gasteiger partial charge is 0.191 e. The molecule has 0 atom stereocenters. The first-order chi connectivity index (χ1) is 15.7. The molecular weight excluding hydrogens is 438 g/mol. The summed E-state index contributed by atoms with van der Waals surface area (Å²) in [7, 11) is 0. The van der Waals surface area contributed by atoms with Gasteiger partial charge in [0.2, 0.25) is 0 Å². The number of nitrogens with zero attached hydrogens (tertiary/aromatic N) is 5. The number of oxazole rings is 1. The van der Waals surface area contributed by atoms with Crippen molar-refractivity contribution in [2.75, 3.05) is 11.4 Å². The molecule has 4 rings (SSSR count). The average Bonchev–Trinajstić information content (AvgIpc) is 3.20. The van der Waals surface area contributed by atoms with Crippen molar-refractivity contribution in [3.05, 3.63) is 75.8 Å². The third kappa shape index (κ3) is 4.93. The van der Waals surface area contributed by atoms with E-state index in [1.807, 2.05) is 39.2 Å². The highest BCUT2D eigenvalue weighted by Crippen LogP contribution is 2.33. The molecule has 1 aliphatic rings. The second-order valence-corrected chi connectivity index (χ2v) is 9.01. The van der Waals surface area contributed by atoms with Gasteiger partial charge in [0.05, 0.1) is 23.0 Å². The number of allylic oxidation sites excluding steroid dienone is 2. The van der Waals surface area contributed by atoms with Crippen LogP contribution in [0.5, 0.6) is 0 Å². The van der Waals surface area contributed by atoms with E-state index in [1.54, 1.807) is 13.2 Å². The Morgan fingerprint density at radius 3 is 2.55 bits per heavy atom. The fourth-order valence-electron chi connectivity index (χ4n) is 3.64. The number of hydrogen-bond donors (Lipinski definition) is 0. The zero-order valence-electron chi connectivity index (χ0n) is 19.8. The summed E-state index contributed by atoms with van der Waals surface area (Å²) in [6, 6.07) is 2.07. The molecule has 7 nitrogen and oxygen atoms in total. The lowest BCUT2D eigenvalue weighted by molar-refractivity contribution is 0.204. The van der Waals surface area contributed by atoms with Gasteiger partial charge in [-0.05, 0) is 38.0 Å². The number of halogens is 1. The molecule has 0 bridgehead atoms. The monoisotopic (exact) mass is 465 g/mol. The van der Waals surface area contributed by atoms with Crippen molar-refractivity contribution in [2.24, 2.45) is 0 Å². The Bertz CT molecular complexity index is 1250. The topological polar surface area (TPSA) is 77.2 Å². The molecular formula is C25H28ClN5O2. The molecule has 0 saturated heterocycles. The molecule has 0 amide bonds. The second kappa shape index (κ2) is 9.35. The molecule has 0 saturated carbocycles. The molecule has 4 heterocycles. The molecule has 172 valence electrons. The Labute approximate surface area is 199 Å². The first-order valence-corrected chi connectivity index (χ1v) is 11.3. The quantitative estimate of drug-likeness (QED) is 0.444. The van der Waals surface area contributed by atoms with Crippen molar-refractivity contribution in [1.82, 2.24) is 19.9 Å². The van der Waals surface area contributed by atoms with Gasteiger partial charge in [-0.25, -0.2) is 15.0 Å². The van der Waals surface area contributed by atoms with Gasteiger partial charge in [-0.15, -0.1) is 0 Å². The van der Waals surface area contributed by atoms with E-state index in [0.717, 1.165) is 45.4 Å². The Hall–Kier alpha value is -3.19. The van der Waals surface area contributed by atoms with Gasteiger partial charge >= 0.3 is 0 Å². The maximum absolute atomic E-state index is 6.64. The first-order valence-electron chi connectivity index (χ1n) is 10.9. The van der Waals surface area contributed by atoms with E-state index in [0.29, 0.717) is 29.8 Å². The van der Waals surface area contributed by atoms with Crippen LogP contribution in [0.3, 0.4) is 0 Å². The van der Waals surface area contributed by atoms with E-state index in [-0.39, 0.29) is 5.92 Å². The molecule has 0 aromatic carbocycles. The second-order valence-electron chi connectivity index (χ2n) is 8.56. The van der Waals surface area contributed by atoms with Gasteiger partial charge in [-0.3, -0.25) is 4.98 Å². The zero-order chi connectivity index (χ0) is 23.7. The minimum Gasteiger partial charge on any atom is -0.486 e. The lowest BCUT2D eigenvalue weighted by Crippen LogP contribution is -2.27. The molecule has 3 aromatic rings. The molecule has 0 N–H and O–H groups in total. The van der Waals surface area contributed by atoms with E-state index in [2.05, 4.69) is 39.8 Å². The van der Waals surface area contributed by atoms with Gasteiger partial charge in [0.1, 0.15) is 30.1 Å². The summed E-state index contributed by atoms with van der Waals surface area (Å²) in [5, 5.41) is 0.624. The Kier molecular flexibility index (Phi) is 6.51. The van der Waals surface area contributed by atoms with E-state index >= 15 is 0 Å². The number of hydrogen-bond acceptors (Lipinski definition) is 7. The molecule has 0 unspecified atom stereocenters. The van der Waals surface area contributed by atoms with Crippen molar-refractivity contribution < 1.29 is 9.15 Å². The molecule has 1 aliphatic heterocycles. The largest absolute Gasteiger partial charge is 0.486 e. The number of aromatic nitrogens is 4. The molecule has 3 aromatic heterocycles. The third-order valence-corrected chi connectivity index (χ3v) is 5.79. The number of rotatable bonds is 6. The lowest BCUT2D eigenvalue weighted by Gasteiger charge is -2.31. The van der Waals surface area contributed by atoms with Crippen LogP contribution < -0.4 is 4.90 Å². The van der Waals surface area contributed by atoms with Crippen LogP contribution in [0.25, 0.3) is 11.4 Å². The predicted octanol–water partition coefficient (Wildman–Crippen LogP) is 5.97. The van der Waals surface area contributed by atoms with Crippen LogP contribution in [0.2, 0.25) is 0 Å². The van der Waals surface area contributed by atoms with Gasteiger partial charge in [0.15, 0.2) is 5.89 Å². The highest BCUT2D eigenvalue weighted by Gasteiger charge is 2.22. The molecule has 33 heavy (non-hydrogen) atoms. The summed E-state index contributed by atoms with van der Waals surface area (Å²) in [6.45, 7) is 12.9. The van der Waals surface area contributed by atoms with Crippen LogP contribution in [-0.4, -0.2) is 26.5 Å². The van der Waals surface area contributed by atoms with Crippen LogP contribution in [0.15, 0.2) is 51.7 Å². The van der Waals surface area contributed by atoms with Crippen molar-refractivity contribution in [3.8, 4) is 11.4 Å². The van der Waals surface area contributed by atoms with Gasteiger partial charge in [0, 0.05) is 42.7 Å². The highest BCUT2D eigenvalue weighted by atomic mass is 35.5. The number of pyridine rings is 1. The first kappa shape index (κ1) is 23.0. The van der Waals surface area contributed by atoms with Gasteiger partial charge in [0.25, 0.3) is 0 Å². The SMILES string of the molecule is CC1=CC(OCc2coc(C)n2)=C(Cl)CN1c1cc(-c2nc(C(C)C)ncc2C)ncc1C. The van der Waals surface area contributed by atoms with E-state index in [1.165, 1.54) is 0 Å². The molecule has 8 heteroatoms. The van der Waals surface area contributed by atoms with Crippen molar-refractivity contribution in [1.29, 1.82) is 0 Å². The van der Waals surface area contributed by atoms with Gasteiger partial charge in [-0.1, -0.05) is 25.4 Å². The standard InChI is InChI=1S/C25H28ClN5O2/c1-14(2)25-28-10-16(4)24(30-25)21-8-22(15(3)9-27-21)31-11-20(26)23(7-17(31)5)33-13-19-12-32-18(6)29-19/h7-10,12,14H,11,13H2,1-6H3. The lowest BCUT2D eigenvalue weighted by atomic mass is 10.1. The summed E-state index contributed by atoms with van der Waals surface area (Å²) in [4.78, 5) is 20.3. The molecule has 0 spiro atoms. The minimum absolute atomic E-state index is 0.241. The van der Waals surface area contributed by atoms with Crippen LogP contribution in [-0.2, 0) is 11.3 Å². The maximum atomic E-state index is 6.64. The Balaban J connectivity index is 1.61. The summed E-state index contributed by atoms with van der Waals surface area (Å²) in [6.07, 6.45) is 7.29. The maximum Gasteiger partial charge on any atom is 0.191 e. The average molecular weight is 466 g/mol. The number of ether oxygens (including phenoxy) is 1. The minimum atomic E-state index is 0.241. The Morgan fingerprint density at radius 1 is 1.09 bits per heavy atom. The predicted molar refractivity (Wildman–Crippen MR) is 129 cm³/mol. The van der Waals surface area contributed by atoms with Gasteiger partial charge in [-0.2, -0.15) is 0 Å². The summed E-state index contributed by atoms with van der Waals surface area (Å²) in [5.74, 6) is 2.30. The fraction of sp³-hybridized carbons (Fsp3) is 0.360. The third-order valence-electron chi connectivity index (χ3n) is 5.49. The van der Waals surface area contributed by atoms with Crippen LogP contribution >= 0.6 is 11.6 Å². The summed E-state index contributed by atoms with van der Waals surface area (Å²) in [5.41, 5.74) is 6.48.